The number of benzene rings is 2. The standard InChI is InChI=1S/C24H18.Pd/c1-2-8-19(7-1)15-20-9-5-10-21(16-20)17-22-11-6-14-24(18-22)23-12-3-4-13-23;/h1-6,9-14H,7,15,17H2;/q-4;. The second kappa shape index (κ2) is 8.35. The van der Waals surface area contributed by atoms with E-state index in [1.807, 2.05) is 6.08 Å². The minimum atomic E-state index is 0. The summed E-state index contributed by atoms with van der Waals surface area (Å²) in [5, 5.41) is 0. The van der Waals surface area contributed by atoms with E-state index >= 15 is 0 Å². The second-order valence-electron chi connectivity index (χ2n) is 6.17. The molecule has 0 nitrogen and oxygen atoms in total. The molecular formula is C24H18Pd-4. The van der Waals surface area contributed by atoms with Gasteiger partial charge in [-0.25, -0.2) is 29.3 Å². The molecule has 0 aliphatic heterocycles. The van der Waals surface area contributed by atoms with E-state index in [4.69, 9.17) is 0 Å². The Bertz CT molecular complexity index is 882. The maximum atomic E-state index is 3.57. The first-order chi connectivity index (χ1) is 11.9. The van der Waals surface area contributed by atoms with Crippen LogP contribution in [-0.2, 0) is 33.3 Å². The van der Waals surface area contributed by atoms with Crippen LogP contribution < -0.4 is 0 Å². The maximum Gasteiger partial charge on any atom is 0 e. The Kier molecular flexibility index (Phi) is 5.92. The topological polar surface area (TPSA) is 0 Å². The SMILES string of the molecule is [C-]1=C(Cc2[c-]c(Cc3[c-]c(-c4ccc[cH-]4)ccc3)ccc2)CC=C1.[Pd]. The Morgan fingerprint density at radius 3 is 2.32 bits per heavy atom. The Labute approximate surface area is 163 Å². The minimum absolute atomic E-state index is 0. The van der Waals surface area contributed by atoms with Gasteiger partial charge in [0.15, 0.2) is 0 Å². The van der Waals surface area contributed by atoms with Crippen LogP contribution in [0.15, 0.2) is 78.4 Å². The monoisotopic (exact) mass is 412 g/mol. The van der Waals surface area contributed by atoms with Gasteiger partial charge in [-0.1, -0.05) is 6.42 Å². The Hall–Kier alpha value is -2.07. The summed E-state index contributed by atoms with van der Waals surface area (Å²) in [6.45, 7) is 0. The van der Waals surface area contributed by atoms with Crippen LogP contribution in [0.3, 0.4) is 0 Å². The molecule has 0 saturated carbocycles. The molecule has 3 aromatic carbocycles. The quantitative estimate of drug-likeness (QED) is 0.384. The Morgan fingerprint density at radius 1 is 0.840 bits per heavy atom. The zero-order chi connectivity index (χ0) is 16.2. The number of hydrogen-bond acceptors (Lipinski definition) is 0. The molecule has 1 aliphatic rings. The summed E-state index contributed by atoms with van der Waals surface area (Å²) < 4.78 is 0. The first-order valence-corrected chi connectivity index (χ1v) is 8.36. The predicted octanol–water partition coefficient (Wildman–Crippen LogP) is 5.49. The van der Waals surface area contributed by atoms with E-state index in [0.29, 0.717) is 0 Å². The Morgan fingerprint density at radius 2 is 1.60 bits per heavy atom. The van der Waals surface area contributed by atoms with E-state index in [-0.39, 0.29) is 20.4 Å². The third-order valence-corrected chi connectivity index (χ3v) is 4.30. The van der Waals surface area contributed by atoms with E-state index in [0.717, 1.165) is 24.8 Å². The first-order valence-electron chi connectivity index (χ1n) is 8.36. The van der Waals surface area contributed by atoms with E-state index in [2.05, 4.69) is 84.9 Å². The molecule has 4 rings (SSSR count). The van der Waals surface area contributed by atoms with Crippen LogP contribution in [-0.4, -0.2) is 0 Å². The molecule has 0 spiro atoms. The van der Waals surface area contributed by atoms with Gasteiger partial charge in [0, 0.05) is 20.4 Å². The molecule has 0 heterocycles. The molecule has 0 fully saturated rings. The molecule has 0 amide bonds. The van der Waals surface area contributed by atoms with Crippen LogP contribution in [0.2, 0.25) is 0 Å². The molecule has 128 valence electrons. The number of rotatable bonds is 5. The van der Waals surface area contributed by atoms with Crippen molar-refractivity contribution in [2.24, 2.45) is 0 Å². The van der Waals surface area contributed by atoms with Crippen LogP contribution in [0.1, 0.15) is 23.1 Å². The van der Waals surface area contributed by atoms with Crippen molar-refractivity contribution in [3.63, 3.8) is 0 Å². The van der Waals surface area contributed by atoms with Crippen molar-refractivity contribution in [2.45, 2.75) is 19.3 Å². The zero-order valence-electron chi connectivity index (χ0n) is 13.9. The van der Waals surface area contributed by atoms with E-state index < -0.39 is 0 Å². The van der Waals surface area contributed by atoms with Crippen LogP contribution in [0.4, 0.5) is 0 Å². The fourth-order valence-electron chi connectivity index (χ4n) is 3.11. The maximum absolute atomic E-state index is 3.57. The predicted molar refractivity (Wildman–Crippen MR) is 98.6 cm³/mol. The summed E-state index contributed by atoms with van der Waals surface area (Å²) in [6.07, 6.45) is 10.3. The molecule has 0 radical (unpaired) electrons. The van der Waals surface area contributed by atoms with Gasteiger partial charge >= 0.3 is 0 Å². The summed E-state index contributed by atoms with van der Waals surface area (Å²) in [5.74, 6) is 0. The molecule has 25 heavy (non-hydrogen) atoms. The van der Waals surface area contributed by atoms with Crippen molar-refractivity contribution in [1.29, 1.82) is 0 Å². The van der Waals surface area contributed by atoms with Gasteiger partial charge in [0.1, 0.15) is 0 Å². The van der Waals surface area contributed by atoms with Crippen molar-refractivity contribution < 1.29 is 20.4 Å². The fourth-order valence-corrected chi connectivity index (χ4v) is 3.11. The summed E-state index contributed by atoms with van der Waals surface area (Å²) in [7, 11) is 0. The van der Waals surface area contributed by atoms with Crippen LogP contribution in [0.25, 0.3) is 11.1 Å². The van der Waals surface area contributed by atoms with Gasteiger partial charge in [0.05, 0.1) is 0 Å². The third kappa shape index (κ3) is 4.51. The van der Waals surface area contributed by atoms with Gasteiger partial charge < -0.3 is 0 Å². The third-order valence-electron chi connectivity index (χ3n) is 4.30. The van der Waals surface area contributed by atoms with Gasteiger partial charge in [-0.15, -0.1) is 11.6 Å². The van der Waals surface area contributed by atoms with E-state index in [1.54, 1.807) is 0 Å². The van der Waals surface area contributed by atoms with Crippen molar-refractivity contribution >= 4 is 0 Å². The molecular weight excluding hydrogens is 395 g/mol. The molecule has 1 heteroatoms. The molecule has 0 saturated heterocycles. The molecule has 0 bridgehead atoms. The average Bonchev–Trinajstić information content (AvgIpc) is 3.29. The molecule has 1 aliphatic carbocycles. The van der Waals surface area contributed by atoms with Crippen LogP contribution in [0.5, 0.6) is 0 Å². The van der Waals surface area contributed by atoms with Gasteiger partial charge in [-0.3, -0.25) is 6.08 Å². The van der Waals surface area contributed by atoms with Gasteiger partial charge in [0.2, 0.25) is 0 Å². The van der Waals surface area contributed by atoms with Crippen molar-refractivity contribution in [2.75, 3.05) is 0 Å². The largest absolute Gasteiger partial charge is 0.253 e. The summed E-state index contributed by atoms with van der Waals surface area (Å²) in [4.78, 5) is 0. The number of allylic oxidation sites excluding steroid dienone is 4. The smallest absolute Gasteiger partial charge is 0 e. The molecule has 3 aromatic rings. The van der Waals surface area contributed by atoms with Gasteiger partial charge in [0.25, 0.3) is 0 Å². The zero-order valence-corrected chi connectivity index (χ0v) is 15.4. The van der Waals surface area contributed by atoms with Crippen LogP contribution >= 0.6 is 0 Å². The van der Waals surface area contributed by atoms with Gasteiger partial charge in [-0.2, -0.15) is 77.4 Å². The Balaban J connectivity index is 0.00000182. The summed E-state index contributed by atoms with van der Waals surface area (Å²) in [6, 6.07) is 28.3. The average molecular weight is 413 g/mol. The number of hydrogen-bond donors (Lipinski definition) is 0. The van der Waals surface area contributed by atoms with Crippen molar-refractivity contribution in [3.05, 3.63) is 113 Å². The molecule has 0 atom stereocenters. The van der Waals surface area contributed by atoms with E-state index in [1.165, 1.54) is 27.8 Å². The first kappa shape index (κ1) is 17.7. The molecule has 0 unspecified atom stereocenters. The van der Waals surface area contributed by atoms with Crippen molar-refractivity contribution in [1.82, 2.24) is 0 Å². The molecule has 0 N–H and O–H groups in total. The van der Waals surface area contributed by atoms with Crippen LogP contribution in [0, 0.1) is 18.2 Å². The van der Waals surface area contributed by atoms with Crippen molar-refractivity contribution in [3.8, 4) is 11.1 Å². The van der Waals surface area contributed by atoms with E-state index in [9.17, 15) is 0 Å². The summed E-state index contributed by atoms with van der Waals surface area (Å²) in [5.41, 5.74) is 7.39. The fraction of sp³-hybridized carbons (Fsp3) is 0.125. The minimum Gasteiger partial charge on any atom is -0.253 e. The molecule has 0 aromatic heterocycles. The summed E-state index contributed by atoms with van der Waals surface area (Å²) >= 11 is 0. The normalized spacial score (nSPS) is 12.7. The second-order valence-corrected chi connectivity index (χ2v) is 6.17. The van der Waals surface area contributed by atoms with Gasteiger partial charge in [-0.05, 0) is 12.8 Å².